The van der Waals surface area contributed by atoms with Gasteiger partial charge in [0.1, 0.15) is 5.82 Å². The number of aromatic nitrogens is 2. The molecule has 2 aromatic heterocycles. The highest BCUT2D eigenvalue weighted by atomic mass is 32.1. The lowest BCUT2D eigenvalue weighted by molar-refractivity contribution is 0.102. The molecule has 25 heavy (non-hydrogen) atoms. The van der Waals surface area contributed by atoms with Gasteiger partial charge in [0.15, 0.2) is 0 Å². The number of thiazole rings is 1. The van der Waals surface area contributed by atoms with Gasteiger partial charge in [0.05, 0.1) is 22.8 Å². The molecule has 0 bridgehead atoms. The lowest BCUT2D eigenvalue weighted by Gasteiger charge is -2.07. The van der Waals surface area contributed by atoms with Crippen molar-refractivity contribution in [2.24, 2.45) is 0 Å². The van der Waals surface area contributed by atoms with Gasteiger partial charge in [-0.25, -0.2) is 9.97 Å². The normalized spacial score (nSPS) is 10.5. The number of nitrogens with zero attached hydrogens (tertiary/aromatic N) is 2. The molecule has 0 fully saturated rings. The third-order valence-electron chi connectivity index (χ3n) is 3.77. The van der Waals surface area contributed by atoms with Gasteiger partial charge in [-0.15, -0.1) is 11.3 Å². The highest BCUT2D eigenvalue weighted by molar-refractivity contribution is 7.11. The van der Waals surface area contributed by atoms with Crippen LogP contribution in [0.1, 0.15) is 31.5 Å². The smallest absolute Gasteiger partial charge is 0.257 e. The quantitative estimate of drug-likeness (QED) is 0.717. The van der Waals surface area contributed by atoms with Crippen LogP contribution in [-0.4, -0.2) is 15.9 Å². The predicted molar refractivity (Wildman–Crippen MR) is 102 cm³/mol. The number of pyridine rings is 1. The Morgan fingerprint density at radius 3 is 2.44 bits per heavy atom. The van der Waals surface area contributed by atoms with Crippen LogP contribution in [0.2, 0.25) is 0 Å². The molecular weight excluding hydrogens is 332 g/mol. The van der Waals surface area contributed by atoms with E-state index in [0.29, 0.717) is 12.1 Å². The van der Waals surface area contributed by atoms with Gasteiger partial charge in [-0.3, -0.25) is 4.79 Å². The topological polar surface area (TPSA) is 66.9 Å². The molecule has 0 aliphatic carbocycles. The minimum absolute atomic E-state index is 0.172. The van der Waals surface area contributed by atoms with Crippen molar-refractivity contribution in [2.45, 2.75) is 27.3 Å². The maximum absolute atomic E-state index is 12.3. The van der Waals surface area contributed by atoms with E-state index < -0.39 is 0 Å². The van der Waals surface area contributed by atoms with Crippen LogP contribution in [0.3, 0.4) is 0 Å². The van der Waals surface area contributed by atoms with Crippen molar-refractivity contribution < 1.29 is 4.79 Å². The van der Waals surface area contributed by atoms with E-state index in [2.05, 4.69) is 27.5 Å². The number of anilines is 2. The van der Waals surface area contributed by atoms with Crippen LogP contribution in [0.4, 0.5) is 11.5 Å². The largest absolute Gasteiger partial charge is 0.364 e. The number of nitrogens with one attached hydrogen (secondary N) is 2. The van der Waals surface area contributed by atoms with Crippen LogP contribution in [0.25, 0.3) is 0 Å². The Bertz CT molecular complexity index is 869. The fourth-order valence-electron chi connectivity index (χ4n) is 2.38. The molecule has 128 valence electrons. The van der Waals surface area contributed by atoms with Crippen molar-refractivity contribution in [1.29, 1.82) is 0 Å². The molecule has 0 radical (unpaired) electrons. The molecule has 1 amide bonds. The summed E-state index contributed by atoms with van der Waals surface area (Å²) in [5.41, 5.74) is 3.48. The Hall–Kier alpha value is -2.73. The standard InChI is InChI=1S/C19H20N4OS/c1-12-4-7-16(8-5-12)23-19(24)15-6-9-18(20-10-15)21-11-17-13(2)25-14(3)22-17/h4-10H,11H2,1-3H3,(H,20,21)(H,23,24). The minimum atomic E-state index is -0.172. The number of hydrogen-bond acceptors (Lipinski definition) is 5. The number of benzene rings is 1. The zero-order chi connectivity index (χ0) is 17.8. The van der Waals surface area contributed by atoms with Crippen molar-refractivity contribution in [3.63, 3.8) is 0 Å². The molecule has 0 aliphatic heterocycles. The van der Waals surface area contributed by atoms with Gasteiger partial charge < -0.3 is 10.6 Å². The van der Waals surface area contributed by atoms with Crippen molar-refractivity contribution in [1.82, 2.24) is 9.97 Å². The van der Waals surface area contributed by atoms with E-state index in [4.69, 9.17) is 0 Å². The first kappa shape index (κ1) is 17.1. The van der Waals surface area contributed by atoms with Gasteiger partial charge in [0, 0.05) is 16.8 Å². The van der Waals surface area contributed by atoms with Crippen LogP contribution in [0.15, 0.2) is 42.6 Å². The van der Waals surface area contributed by atoms with Crippen LogP contribution >= 0.6 is 11.3 Å². The minimum Gasteiger partial charge on any atom is -0.364 e. The van der Waals surface area contributed by atoms with Gasteiger partial charge in [-0.05, 0) is 45.0 Å². The highest BCUT2D eigenvalue weighted by Crippen LogP contribution is 2.17. The monoisotopic (exact) mass is 352 g/mol. The summed E-state index contributed by atoms with van der Waals surface area (Å²) in [6.45, 7) is 6.70. The average molecular weight is 352 g/mol. The maximum Gasteiger partial charge on any atom is 0.257 e. The molecule has 0 atom stereocenters. The van der Waals surface area contributed by atoms with Crippen LogP contribution < -0.4 is 10.6 Å². The molecule has 5 nitrogen and oxygen atoms in total. The van der Waals surface area contributed by atoms with E-state index >= 15 is 0 Å². The first-order valence-electron chi connectivity index (χ1n) is 8.02. The summed E-state index contributed by atoms with van der Waals surface area (Å²) in [5.74, 6) is 0.547. The Balaban J connectivity index is 1.60. The molecule has 1 aromatic carbocycles. The number of aryl methyl sites for hydroxylation is 3. The summed E-state index contributed by atoms with van der Waals surface area (Å²) in [7, 11) is 0. The first-order chi connectivity index (χ1) is 12.0. The van der Waals surface area contributed by atoms with E-state index in [1.807, 2.05) is 38.1 Å². The van der Waals surface area contributed by atoms with Gasteiger partial charge >= 0.3 is 0 Å². The second kappa shape index (κ2) is 7.44. The van der Waals surface area contributed by atoms with Crippen molar-refractivity contribution in [2.75, 3.05) is 10.6 Å². The Morgan fingerprint density at radius 1 is 1.08 bits per heavy atom. The van der Waals surface area contributed by atoms with Gasteiger partial charge in [-0.1, -0.05) is 17.7 Å². The highest BCUT2D eigenvalue weighted by Gasteiger charge is 2.08. The van der Waals surface area contributed by atoms with Crippen LogP contribution in [0, 0.1) is 20.8 Å². The maximum atomic E-state index is 12.3. The van der Waals surface area contributed by atoms with E-state index in [1.165, 1.54) is 4.88 Å². The van der Waals surface area contributed by atoms with E-state index in [0.717, 1.165) is 27.8 Å². The Kier molecular flexibility index (Phi) is 5.09. The zero-order valence-corrected chi connectivity index (χ0v) is 15.3. The van der Waals surface area contributed by atoms with Gasteiger partial charge in [-0.2, -0.15) is 0 Å². The summed E-state index contributed by atoms with van der Waals surface area (Å²) in [4.78, 5) is 22.3. The molecule has 3 rings (SSSR count). The third kappa shape index (κ3) is 4.42. The molecular formula is C19H20N4OS. The number of amides is 1. The average Bonchev–Trinajstić information content (AvgIpc) is 2.93. The molecule has 0 aliphatic rings. The van der Waals surface area contributed by atoms with Crippen molar-refractivity contribution in [3.8, 4) is 0 Å². The molecule has 3 aromatic rings. The number of hydrogen-bond donors (Lipinski definition) is 2. The molecule has 2 N–H and O–H groups in total. The molecule has 6 heteroatoms. The van der Waals surface area contributed by atoms with Crippen LogP contribution in [0.5, 0.6) is 0 Å². The fraction of sp³-hybridized carbons (Fsp3) is 0.211. The fourth-order valence-corrected chi connectivity index (χ4v) is 3.22. The number of carbonyl (C=O) groups excluding carboxylic acids is 1. The number of carbonyl (C=O) groups is 1. The third-order valence-corrected chi connectivity index (χ3v) is 4.70. The predicted octanol–water partition coefficient (Wildman–Crippen LogP) is 4.33. The van der Waals surface area contributed by atoms with Crippen LogP contribution in [-0.2, 0) is 6.54 Å². The Morgan fingerprint density at radius 2 is 1.84 bits per heavy atom. The lowest BCUT2D eigenvalue weighted by Crippen LogP contribution is -2.12. The van der Waals surface area contributed by atoms with E-state index in [-0.39, 0.29) is 5.91 Å². The summed E-state index contributed by atoms with van der Waals surface area (Å²) < 4.78 is 0. The second-order valence-corrected chi connectivity index (χ2v) is 7.25. The number of rotatable bonds is 5. The second-order valence-electron chi connectivity index (χ2n) is 5.84. The lowest BCUT2D eigenvalue weighted by atomic mass is 10.2. The van der Waals surface area contributed by atoms with Crippen molar-refractivity contribution >= 4 is 28.7 Å². The summed E-state index contributed by atoms with van der Waals surface area (Å²) in [6, 6.07) is 11.3. The van der Waals surface area contributed by atoms with E-state index in [9.17, 15) is 4.79 Å². The first-order valence-corrected chi connectivity index (χ1v) is 8.84. The van der Waals surface area contributed by atoms with Crippen molar-refractivity contribution in [3.05, 3.63) is 69.3 Å². The molecule has 0 saturated heterocycles. The molecule has 0 spiro atoms. The molecule has 2 heterocycles. The zero-order valence-electron chi connectivity index (χ0n) is 14.5. The summed E-state index contributed by atoms with van der Waals surface area (Å²) in [5, 5.41) is 7.16. The molecule has 0 unspecified atom stereocenters. The Labute approximate surface area is 151 Å². The van der Waals surface area contributed by atoms with E-state index in [1.54, 1.807) is 29.7 Å². The summed E-state index contributed by atoms with van der Waals surface area (Å²) in [6.07, 6.45) is 1.57. The SMILES string of the molecule is Cc1ccc(NC(=O)c2ccc(NCc3nc(C)sc3C)nc2)cc1. The summed E-state index contributed by atoms with van der Waals surface area (Å²) >= 11 is 1.69. The van der Waals surface area contributed by atoms with Gasteiger partial charge in [0.25, 0.3) is 5.91 Å². The van der Waals surface area contributed by atoms with Gasteiger partial charge in [0.2, 0.25) is 0 Å². The molecule has 0 saturated carbocycles.